The van der Waals surface area contributed by atoms with Crippen molar-refractivity contribution < 1.29 is 19.4 Å². The van der Waals surface area contributed by atoms with Crippen molar-refractivity contribution in [3.8, 4) is 17.4 Å². The van der Waals surface area contributed by atoms with E-state index in [0.29, 0.717) is 22.0 Å². The number of aromatic amines is 1. The molecule has 0 aromatic carbocycles. The lowest BCUT2D eigenvalue weighted by Gasteiger charge is -2.15. The van der Waals surface area contributed by atoms with Gasteiger partial charge in [0, 0.05) is 17.8 Å². The highest BCUT2D eigenvalue weighted by Crippen LogP contribution is 2.40. The van der Waals surface area contributed by atoms with E-state index in [9.17, 15) is 14.7 Å². The van der Waals surface area contributed by atoms with E-state index in [1.54, 1.807) is 19.9 Å². The van der Waals surface area contributed by atoms with Gasteiger partial charge in [-0.3, -0.25) is 9.89 Å². The minimum Gasteiger partial charge on any atom is -0.480 e. The summed E-state index contributed by atoms with van der Waals surface area (Å²) in [6.07, 6.45) is 0.0925. The zero-order valence-electron chi connectivity index (χ0n) is 12.1. The number of nitrogens with one attached hydrogen (secondary N) is 1. The molecule has 2 amide bonds. The molecular weight excluding hydrogens is 290 g/mol. The number of fused-ring (bicyclic) bond motifs is 1. The van der Waals surface area contributed by atoms with E-state index in [2.05, 4.69) is 20.2 Å². The maximum atomic E-state index is 12.3. The standard InChI is InChI=1S/C13H13N5O4/c1-13(2)6-5-14-9(7-4-8(22-3)17-16-7)15-10(6)18(11(13)19)12(20)21/h4-5H,1-3H3,(H,16,17)(H,20,21). The normalized spacial score (nSPS) is 15.8. The highest BCUT2D eigenvalue weighted by Gasteiger charge is 2.48. The highest BCUT2D eigenvalue weighted by molar-refractivity contribution is 6.19. The van der Waals surface area contributed by atoms with Gasteiger partial charge in [0.15, 0.2) is 11.6 Å². The Bertz CT molecular complexity index is 782. The number of carbonyl (C=O) groups excluding carboxylic acids is 1. The molecule has 0 fully saturated rings. The van der Waals surface area contributed by atoms with Gasteiger partial charge in [-0.05, 0) is 13.8 Å². The monoisotopic (exact) mass is 303 g/mol. The topological polar surface area (TPSA) is 121 Å². The molecule has 0 saturated heterocycles. The number of imide groups is 1. The van der Waals surface area contributed by atoms with Crippen molar-refractivity contribution in [2.75, 3.05) is 12.0 Å². The van der Waals surface area contributed by atoms with E-state index in [4.69, 9.17) is 4.74 Å². The summed E-state index contributed by atoms with van der Waals surface area (Å²) in [5, 5.41) is 15.8. The zero-order valence-corrected chi connectivity index (χ0v) is 12.1. The Kier molecular flexibility index (Phi) is 2.87. The van der Waals surface area contributed by atoms with Gasteiger partial charge in [0.25, 0.3) is 0 Å². The molecule has 0 aliphatic carbocycles. The van der Waals surface area contributed by atoms with Gasteiger partial charge in [-0.15, -0.1) is 5.10 Å². The van der Waals surface area contributed by atoms with Crippen molar-refractivity contribution in [1.29, 1.82) is 0 Å². The molecule has 2 aromatic heterocycles. The Labute approximate surface area is 124 Å². The molecule has 0 bridgehead atoms. The first kappa shape index (κ1) is 14.0. The lowest BCUT2D eigenvalue weighted by Crippen LogP contribution is -2.39. The smallest absolute Gasteiger partial charge is 0.420 e. The zero-order chi connectivity index (χ0) is 16.1. The average molecular weight is 303 g/mol. The molecule has 0 spiro atoms. The fraction of sp³-hybridized carbons (Fsp3) is 0.308. The summed E-state index contributed by atoms with van der Waals surface area (Å²) in [4.78, 5) is 32.7. The molecule has 0 atom stereocenters. The number of amides is 2. The van der Waals surface area contributed by atoms with Gasteiger partial charge >= 0.3 is 6.09 Å². The minimum atomic E-state index is -1.37. The van der Waals surface area contributed by atoms with E-state index < -0.39 is 17.4 Å². The number of H-pyrrole nitrogens is 1. The number of carbonyl (C=O) groups is 2. The molecule has 0 unspecified atom stereocenters. The molecule has 1 aliphatic heterocycles. The van der Waals surface area contributed by atoms with Gasteiger partial charge in [0.05, 0.1) is 12.5 Å². The quantitative estimate of drug-likeness (QED) is 0.854. The Morgan fingerprint density at radius 3 is 2.77 bits per heavy atom. The SMILES string of the molecule is COc1cc(-c2ncc3c(n2)N(C(=O)O)C(=O)C3(C)C)[nH]n1. The summed E-state index contributed by atoms with van der Waals surface area (Å²) in [7, 11) is 1.47. The van der Waals surface area contributed by atoms with Crippen LogP contribution in [0, 0.1) is 0 Å². The maximum absolute atomic E-state index is 12.3. The highest BCUT2D eigenvalue weighted by atomic mass is 16.5. The summed E-state index contributed by atoms with van der Waals surface area (Å²) in [5.41, 5.74) is -0.0601. The Morgan fingerprint density at radius 1 is 1.45 bits per heavy atom. The van der Waals surface area contributed by atoms with Crippen molar-refractivity contribution in [3.63, 3.8) is 0 Å². The Morgan fingerprint density at radius 2 is 2.18 bits per heavy atom. The van der Waals surface area contributed by atoms with Crippen LogP contribution in [0.3, 0.4) is 0 Å². The van der Waals surface area contributed by atoms with Crippen molar-refractivity contribution in [2.45, 2.75) is 19.3 Å². The number of methoxy groups -OCH3 is 1. The second-order valence-corrected chi connectivity index (χ2v) is 5.30. The molecule has 9 heteroatoms. The van der Waals surface area contributed by atoms with Crippen LogP contribution in [0.5, 0.6) is 5.88 Å². The van der Waals surface area contributed by atoms with Crippen molar-refractivity contribution >= 4 is 17.8 Å². The summed E-state index contributed by atoms with van der Waals surface area (Å²) in [6.45, 7) is 3.28. The third-order valence-corrected chi connectivity index (χ3v) is 3.59. The van der Waals surface area contributed by atoms with Crippen LogP contribution in [0.15, 0.2) is 12.3 Å². The molecular formula is C13H13N5O4. The van der Waals surface area contributed by atoms with E-state index in [0.717, 1.165) is 0 Å². The first-order valence-electron chi connectivity index (χ1n) is 6.41. The first-order valence-corrected chi connectivity index (χ1v) is 6.41. The third kappa shape index (κ3) is 1.82. The van der Waals surface area contributed by atoms with Crippen LogP contribution in [-0.2, 0) is 10.2 Å². The van der Waals surface area contributed by atoms with Crippen LogP contribution in [0.4, 0.5) is 10.6 Å². The number of hydrogen-bond donors (Lipinski definition) is 2. The van der Waals surface area contributed by atoms with Crippen LogP contribution in [-0.4, -0.2) is 44.4 Å². The van der Waals surface area contributed by atoms with Gasteiger partial charge in [0.2, 0.25) is 11.8 Å². The van der Waals surface area contributed by atoms with Crippen molar-refractivity contribution in [2.24, 2.45) is 0 Å². The van der Waals surface area contributed by atoms with Crippen LogP contribution < -0.4 is 9.64 Å². The van der Waals surface area contributed by atoms with E-state index in [-0.39, 0.29) is 11.6 Å². The fourth-order valence-electron chi connectivity index (χ4n) is 2.30. The largest absolute Gasteiger partial charge is 0.480 e. The first-order chi connectivity index (χ1) is 10.4. The van der Waals surface area contributed by atoms with Crippen LogP contribution in [0.25, 0.3) is 11.5 Å². The molecule has 0 saturated carbocycles. The van der Waals surface area contributed by atoms with Crippen LogP contribution >= 0.6 is 0 Å². The molecule has 2 N–H and O–H groups in total. The number of hydrogen-bond acceptors (Lipinski definition) is 6. The van der Waals surface area contributed by atoms with Gasteiger partial charge in [-0.1, -0.05) is 0 Å². The summed E-state index contributed by atoms with van der Waals surface area (Å²) in [6, 6.07) is 1.58. The molecule has 2 aromatic rings. The number of carboxylic acid groups (broad SMARTS) is 1. The lowest BCUT2D eigenvalue weighted by atomic mass is 9.88. The Hall–Kier alpha value is -2.97. The molecule has 114 valence electrons. The number of ether oxygens (including phenoxy) is 1. The molecule has 0 radical (unpaired) electrons. The second-order valence-electron chi connectivity index (χ2n) is 5.30. The predicted molar refractivity (Wildman–Crippen MR) is 74.7 cm³/mol. The second kappa shape index (κ2) is 4.52. The Balaban J connectivity index is 2.14. The van der Waals surface area contributed by atoms with Crippen molar-refractivity contribution in [3.05, 3.63) is 17.8 Å². The van der Waals surface area contributed by atoms with Gasteiger partial charge in [-0.2, -0.15) is 4.90 Å². The van der Waals surface area contributed by atoms with Crippen LogP contribution in [0.2, 0.25) is 0 Å². The fourth-order valence-corrected chi connectivity index (χ4v) is 2.30. The van der Waals surface area contributed by atoms with Gasteiger partial charge in [0.1, 0.15) is 5.69 Å². The number of aromatic nitrogens is 4. The van der Waals surface area contributed by atoms with E-state index in [1.807, 2.05) is 0 Å². The van der Waals surface area contributed by atoms with Crippen molar-refractivity contribution in [1.82, 2.24) is 20.2 Å². The molecule has 1 aliphatic rings. The number of rotatable bonds is 2. The minimum absolute atomic E-state index is 0.0704. The third-order valence-electron chi connectivity index (χ3n) is 3.59. The van der Waals surface area contributed by atoms with E-state index in [1.165, 1.54) is 13.3 Å². The molecule has 9 nitrogen and oxygen atoms in total. The molecule has 3 heterocycles. The molecule has 3 rings (SSSR count). The summed E-state index contributed by atoms with van der Waals surface area (Å²) < 4.78 is 4.96. The number of anilines is 1. The summed E-state index contributed by atoms with van der Waals surface area (Å²) in [5.74, 6) is 0.0987. The number of nitrogens with zero attached hydrogens (tertiary/aromatic N) is 4. The van der Waals surface area contributed by atoms with E-state index >= 15 is 0 Å². The molecule has 22 heavy (non-hydrogen) atoms. The predicted octanol–water partition coefficient (Wildman–Crippen LogP) is 1.18. The lowest BCUT2D eigenvalue weighted by molar-refractivity contribution is -0.121. The van der Waals surface area contributed by atoms with Gasteiger partial charge < -0.3 is 9.84 Å². The van der Waals surface area contributed by atoms with Gasteiger partial charge in [-0.25, -0.2) is 14.8 Å². The van der Waals surface area contributed by atoms with Crippen LogP contribution in [0.1, 0.15) is 19.4 Å². The average Bonchev–Trinajstić information content (AvgIpc) is 3.02. The maximum Gasteiger partial charge on any atom is 0.420 e. The summed E-state index contributed by atoms with van der Waals surface area (Å²) >= 11 is 0.